The first-order chi connectivity index (χ1) is 23.3. The Kier molecular flexibility index (Phi) is 14.3. The molecule has 4 aromatic rings. The number of ether oxygens (including phenoxy) is 1. The van der Waals surface area contributed by atoms with Crippen molar-refractivity contribution in [3.05, 3.63) is 107 Å². The maximum Gasteiger partial charge on any atom is 0.119 e. The van der Waals surface area contributed by atoms with Gasteiger partial charge in [0.15, 0.2) is 0 Å². The number of hydrogen-bond donors (Lipinski definition) is 0. The highest BCUT2D eigenvalue weighted by Crippen LogP contribution is 2.34. The lowest BCUT2D eigenvalue weighted by molar-refractivity contribution is 0.304. The summed E-state index contributed by atoms with van der Waals surface area (Å²) in [5, 5.41) is 0. The number of hydrogen-bond acceptors (Lipinski definition) is 4. The molecule has 0 spiro atoms. The Labute approximate surface area is 283 Å². The quantitative estimate of drug-likeness (QED) is 0.0600. The van der Waals surface area contributed by atoms with Crippen molar-refractivity contribution in [1.29, 1.82) is 0 Å². The van der Waals surface area contributed by atoms with Crippen molar-refractivity contribution in [3.8, 4) is 17.1 Å². The summed E-state index contributed by atoms with van der Waals surface area (Å²) in [4.78, 5) is 14.1. The summed E-state index contributed by atoms with van der Waals surface area (Å²) in [5.74, 6) is 0.951. The summed E-state index contributed by atoms with van der Waals surface area (Å²) in [6.07, 6.45) is 30.1. The van der Waals surface area contributed by atoms with Crippen molar-refractivity contribution < 1.29 is 4.74 Å². The van der Waals surface area contributed by atoms with Gasteiger partial charge in [0.2, 0.25) is 0 Å². The van der Waals surface area contributed by atoms with Crippen LogP contribution in [0.15, 0.2) is 90.2 Å². The molecule has 0 atom stereocenters. The summed E-state index contributed by atoms with van der Waals surface area (Å²) >= 11 is 0. The average molecular weight is 628 g/mol. The Morgan fingerprint density at radius 2 is 0.979 bits per heavy atom. The fraction of sp³-hybridized carbons (Fsp3) is 0.419. The number of pyridine rings is 2. The zero-order chi connectivity index (χ0) is 32.4. The van der Waals surface area contributed by atoms with E-state index in [1.165, 1.54) is 96.3 Å². The highest BCUT2D eigenvalue weighted by atomic mass is 16.5. The van der Waals surface area contributed by atoms with E-state index in [1.807, 2.05) is 24.5 Å². The third-order valence-electron chi connectivity index (χ3n) is 9.10. The van der Waals surface area contributed by atoms with Crippen LogP contribution >= 0.6 is 0 Å². The first kappa shape index (κ1) is 34.3. The van der Waals surface area contributed by atoms with Gasteiger partial charge < -0.3 is 4.74 Å². The van der Waals surface area contributed by atoms with Crippen LogP contribution in [0.2, 0.25) is 0 Å². The van der Waals surface area contributed by atoms with Crippen LogP contribution in [0, 0.1) is 0 Å². The molecule has 1 aliphatic carbocycles. The average Bonchev–Trinajstić information content (AvgIpc) is 3.43. The van der Waals surface area contributed by atoms with Crippen molar-refractivity contribution in [1.82, 2.24) is 9.97 Å². The van der Waals surface area contributed by atoms with Gasteiger partial charge in [0.1, 0.15) is 5.75 Å². The van der Waals surface area contributed by atoms with E-state index in [4.69, 9.17) is 9.73 Å². The molecule has 4 nitrogen and oxygen atoms in total. The number of unbranched alkanes of at least 4 members (excludes halogenated alkanes) is 15. The molecular formula is C43H53N3O. The monoisotopic (exact) mass is 627 g/mol. The molecule has 4 heteroatoms. The molecule has 2 heterocycles. The second-order valence-corrected chi connectivity index (χ2v) is 12.9. The minimum atomic E-state index is 0.800. The maximum absolute atomic E-state index is 6.01. The normalized spacial score (nSPS) is 12.0. The lowest BCUT2D eigenvalue weighted by atomic mass is 10.0. The van der Waals surface area contributed by atoms with Crippen molar-refractivity contribution in [3.63, 3.8) is 0 Å². The largest absolute Gasteiger partial charge is 0.494 e. The van der Waals surface area contributed by atoms with Crippen LogP contribution in [-0.2, 0) is 0 Å². The summed E-state index contributed by atoms with van der Waals surface area (Å²) in [5.41, 5.74) is 7.99. The number of benzene rings is 2. The van der Waals surface area contributed by atoms with Gasteiger partial charge in [-0.3, -0.25) is 9.97 Å². The predicted octanol–water partition coefficient (Wildman–Crippen LogP) is 12.4. The standard InChI is InChI=1S/C43H53N3O/c1-2-3-4-5-6-7-8-9-10-11-12-13-14-15-16-17-34-47-38-30-26-36(27-31-38)23-22-35-24-28-37(29-25-35)46-41-39-20-18-32-44-42(39)43-40(41)21-19-33-45-43/h18-33H,2-17,34H2,1H3/b23-22+. The van der Waals surface area contributed by atoms with Gasteiger partial charge in [0.25, 0.3) is 0 Å². The third kappa shape index (κ3) is 11.0. The molecule has 0 saturated carbocycles. The molecule has 0 saturated heterocycles. The van der Waals surface area contributed by atoms with E-state index in [-0.39, 0.29) is 0 Å². The molecule has 0 amide bonds. The van der Waals surface area contributed by atoms with Crippen molar-refractivity contribution >= 4 is 23.6 Å². The number of aromatic nitrogens is 2. The van der Waals surface area contributed by atoms with Gasteiger partial charge in [0.05, 0.1) is 29.4 Å². The van der Waals surface area contributed by atoms with Gasteiger partial charge in [-0.2, -0.15) is 0 Å². The molecule has 246 valence electrons. The summed E-state index contributed by atoms with van der Waals surface area (Å²) in [6.45, 7) is 3.09. The molecule has 0 fully saturated rings. The van der Waals surface area contributed by atoms with Gasteiger partial charge >= 0.3 is 0 Å². The molecule has 2 aromatic carbocycles. The highest BCUT2D eigenvalue weighted by molar-refractivity contribution is 6.23. The van der Waals surface area contributed by atoms with Crippen LogP contribution in [0.3, 0.4) is 0 Å². The maximum atomic E-state index is 6.01. The van der Waals surface area contributed by atoms with E-state index in [0.717, 1.165) is 63.8 Å². The van der Waals surface area contributed by atoms with Crippen LogP contribution < -0.4 is 4.74 Å². The van der Waals surface area contributed by atoms with E-state index in [1.54, 1.807) is 0 Å². The van der Waals surface area contributed by atoms with Crippen LogP contribution in [0.5, 0.6) is 5.75 Å². The second kappa shape index (κ2) is 19.6. The SMILES string of the molecule is CCCCCCCCCCCCCCCCCCOc1ccc(/C=C/c2ccc(N=C3c4cccnc4-c4ncccc43)cc2)cc1. The molecule has 0 aliphatic heterocycles. The van der Waals surface area contributed by atoms with Crippen molar-refractivity contribution in [2.75, 3.05) is 6.61 Å². The van der Waals surface area contributed by atoms with Crippen LogP contribution in [0.4, 0.5) is 5.69 Å². The molecule has 2 aromatic heterocycles. The summed E-state index contributed by atoms with van der Waals surface area (Å²) in [7, 11) is 0. The summed E-state index contributed by atoms with van der Waals surface area (Å²) < 4.78 is 6.01. The Hall–Kier alpha value is -4.05. The van der Waals surface area contributed by atoms with E-state index in [9.17, 15) is 0 Å². The van der Waals surface area contributed by atoms with Crippen LogP contribution in [-0.4, -0.2) is 22.3 Å². The van der Waals surface area contributed by atoms with E-state index >= 15 is 0 Å². The first-order valence-corrected chi connectivity index (χ1v) is 18.3. The third-order valence-corrected chi connectivity index (χ3v) is 9.10. The number of fused-ring (bicyclic) bond motifs is 3. The first-order valence-electron chi connectivity index (χ1n) is 18.3. The Morgan fingerprint density at radius 3 is 1.47 bits per heavy atom. The zero-order valence-electron chi connectivity index (χ0n) is 28.5. The molecule has 47 heavy (non-hydrogen) atoms. The van der Waals surface area contributed by atoms with E-state index in [2.05, 4.69) is 89.7 Å². The van der Waals surface area contributed by atoms with E-state index in [0.29, 0.717) is 0 Å². The van der Waals surface area contributed by atoms with Gasteiger partial charge in [-0.25, -0.2) is 4.99 Å². The topological polar surface area (TPSA) is 47.4 Å². The van der Waals surface area contributed by atoms with E-state index < -0.39 is 0 Å². The number of nitrogens with zero attached hydrogens (tertiary/aromatic N) is 3. The van der Waals surface area contributed by atoms with Gasteiger partial charge in [0, 0.05) is 23.5 Å². The van der Waals surface area contributed by atoms with Gasteiger partial charge in [-0.05, 0) is 66.1 Å². The predicted molar refractivity (Wildman–Crippen MR) is 200 cm³/mol. The molecular weight excluding hydrogens is 574 g/mol. The Bertz CT molecular complexity index is 1490. The second-order valence-electron chi connectivity index (χ2n) is 12.9. The highest BCUT2D eigenvalue weighted by Gasteiger charge is 2.26. The molecule has 5 rings (SSSR count). The minimum absolute atomic E-state index is 0.800. The molecule has 1 aliphatic rings. The number of rotatable bonds is 21. The fourth-order valence-corrected chi connectivity index (χ4v) is 6.33. The zero-order valence-corrected chi connectivity index (χ0v) is 28.5. The molecule has 0 radical (unpaired) electrons. The fourth-order valence-electron chi connectivity index (χ4n) is 6.33. The van der Waals surface area contributed by atoms with Crippen molar-refractivity contribution in [2.45, 2.75) is 110 Å². The number of aliphatic imine (C=N–C) groups is 1. The minimum Gasteiger partial charge on any atom is -0.494 e. The molecule has 0 N–H and O–H groups in total. The Balaban J connectivity index is 0.942. The van der Waals surface area contributed by atoms with Gasteiger partial charge in [-0.15, -0.1) is 0 Å². The lowest BCUT2D eigenvalue weighted by Gasteiger charge is -2.07. The lowest BCUT2D eigenvalue weighted by Crippen LogP contribution is -1.97. The van der Waals surface area contributed by atoms with Crippen LogP contribution in [0.1, 0.15) is 132 Å². The van der Waals surface area contributed by atoms with Crippen molar-refractivity contribution in [2.24, 2.45) is 4.99 Å². The Morgan fingerprint density at radius 1 is 0.532 bits per heavy atom. The molecule has 0 bridgehead atoms. The van der Waals surface area contributed by atoms with Gasteiger partial charge in [-0.1, -0.05) is 140 Å². The smallest absolute Gasteiger partial charge is 0.119 e. The van der Waals surface area contributed by atoms with Crippen LogP contribution in [0.25, 0.3) is 23.5 Å². The summed E-state index contributed by atoms with van der Waals surface area (Å²) in [6, 6.07) is 24.8. The molecule has 0 unspecified atom stereocenters.